The van der Waals surface area contributed by atoms with Crippen molar-refractivity contribution in [1.29, 1.82) is 0 Å². The molecule has 0 aliphatic carbocycles. The van der Waals surface area contributed by atoms with E-state index in [1.807, 2.05) is 36.4 Å². The van der Waals surface area contributed by atoms with Gasteiger partial charge in [0.15, 0.2) is 5.65 Å². The maximum atomic E-state index is 13.0. The molecule has 33 heavy (non-hydrogen) atoms. The van der Waals surface area contributed by atoms with Crippen molar-refractivity contribution in [3.63, 3.8) is 0 Å². The van der Waals surface area contributed by atoms with E-state index in [9.17, 15) is 9.18 Å². The van der Waals surface area contributed by atoms with Crippen LogP contribution in [0.3, 0.4) is 0 Å². The molecule has 0 saturated heterocycles. The Hall–Kier alpha value is -4.11. The molecule has 0 spiro atoms. The van der Waals surface area contributed by atoms with Crippen LogP contribution >= 0.6 is 11.3 Å². The molecule has 0 aliphatic rings. The fraction of sp³-hybridized carbons (Fsp3) is 0.0833. The van der Waals surface area contributed by atoms with Crippen LogP contribution in [0.2, 0.25) is 0 Å². The maximum Gasteiger partial charge on any atom is 0.344 e. The van der Waals surface area contributed by atoms with Gasteiger partial charge in [-0.25, -0.2) is 23.7 Å². The summed E-state index contributed by atoms with van der Waals surface area (Å²) in [5.41, 5.74) is 3.10. The lowest BCUT2D eigenvalue weighted by Crippen LogP contribution is -2.06. The van der Waals surface area contributed by atoms with E-state index >= 15 is 0 Å². The predicted molar refractivity (Wildman–Crippen MR) is 120 cm³/mol. The lowest BCUT2D eigenvalue weighted by atomic mass is 10.1. The highest BCUT2D eigenvalue weighted by atomic mass is 32.1. The molecule has 0 amide bonds. The Balaban J connectivity index is 1.24. The van der Waals surface area contributed by atoms with Gasteiger partial charge in [0.25, 0.3) is 0 Å². The smallest absolute Gasteiger partial charge is 0.344 e. The normalized spacial score (nSPS) is 10.9. The van der Waals surface area contributed by atoms with Crippen LogP contribution < -0.4 is 4.74 Å². The molecule has 3 aromatic heterocycles. The van der Waals surface area contributed by atoms with Crippen molar-refractivity contribution in [2.45, 2.75) is 13.2 Å². The van der Waals surface area contributed by atoms with Gasteiger partial charge in [0.2, 0.25) is 0 Å². The number of carbonyl (C=O) groups is 1. The molecule has 0 bridgehead atoms. The molecule has 0 saturated carbocycles. The highest BCUT2D eigenvalue weighted by molar-refractivity contribution is 7.09. The molecule has 0 aliphatic heterocycles. The molecule has 9 heteroatoms. The molecule has 2 aromatic carbocycles. The Kier molecular flexibility index (Phi) is 5.77. The van der Waals surface area contributed by atoms with Crippen molar-refractivity contribution in [1.82, 2.24) is 19.6 Å². The molecule has 0 radical (unpaired) electrons. The molecular formula is C24H17FN4O3S. The van der Waals surface area contributed by atoms with E-state index in [4.69, 9.17) is 9.47 Å². The van der Waals surface area contributed by atoms with Gasteiger partial charge in [0.05, 0.1) is 17.6 Å². The molecule has 0 fully saturated rings. The molecule has 7 nitrogen and oxygen atoms in total. The van der Waals surface area contributed by atoms with Gasteiger partial charge >= 0.3 is 5.97 Å². The fourth-order valence-electron chi connectivity index (χ4n) is 3.24. The van der Waals surface area contributed by atoms with Gasteiger partial charge in [-0.2, -0.15) is 5.10 Å². The summed E-state index contributed by atoms with van der Waals surface area (Å²) in [6, 6.07) is 17.4. The monoisotopic (exact) mass is 460 g/mol. The third-order valence-corrected chi connectivity index (χ3v) is 5.69. The Morgan fingerprint density at radius 3 is 2.67 bits per heavy atom. The van der Waals surface area contributed by atoms with Gasteiger partial charge in [-0.05, 0) is 30.3 Å². The minimum absolute atomic E-state index is 0.0155. The predicted octanol–water partition coefficient (Wildman–Crippen LogP) is 4.93. The summed E-state index contributed by atoms with van der Waals surface area (Å²) in [6.07, 6.45) is 3.10. The Bertz CT molecular complexity index is 1400. The highest BCUT2D eigenvalue weighted by Crippen LogP contribution is 2.21. The Morgan fingerprint density at radius 2 is 1.85 bits per heavy atom. The van der Waals surface area contributed by atoms with Gasteiger partial charge in [-0.1, -0.05) is 30.3 Å². The first-order valence-electron chi connectivity index (χ1n) is 10.0. The van der Waals surface area contributed by atoms with Crippen molar-refractivity contribution < 1.29 is 18.7 Å². The number of aromatic nitrogens is 4. The standard InChI is InChI=1S/C24H17FN4O3S/c25-17-6-8-19(9-7-17)31-14-22-28-18(15-33-22)13-32-24(30)20-12-27-29-21(10-11-26-23(20)29)16-4-2-1-3-5-16/h1-12,15H,13-14H2. The van der Waals surface area contributed by atoms with Crippen LogP contribution in [0.4, 0.5) is 4.39 Å². The van der Waals surface area contributed by atoms with Crippen molar-refractivity contribution >= 4 is 23.0 Å². The van der Waals surface area contributed by atoms with Gasteiger partial charge in [0.1, 0.15) is 35.4 Å². The number of hydrogen-bond donors (Lipinski definition) is 0. The summed E-state index contributed by atoms with van der Waals surface area (Å²) in [5.74, 6) is -0.298. The van der Waals surface area contributed by atoms with Crippen LogP contribution in [0.25, 0.3) is 16.9 Å². The summed E-state index contributed by atoms with van der Waals surface area (Å²) in [6.45, 7) is 0.256. The van der Waals surface area contributed by atoms with E-state index in [0.717, 1.165) is 16.3 Å². The zero-order valence-corrected chi connectivity index (χ0v) is 18.0. The number of carbonyl (C=O) groups excluding carboxylic acids is 1. The third kappa shape index (κ3) is 4.58. The lowest BCUT2D eigenvalue weighted by molar-refractivity contribution is 0.0470. The lowest BCUT2D eigenvalue weighted by Gasteiger charge is -2.05. The van der Waals surface area contributed by atoms with Crippen molar-refractivity contribution in [2.24, 2.45) is 0 Å². The number of fused-ring (bicyclic) bond motifs is 1. The SMILES string of the molecule is O=C(OCc1csc(COc2ccc(F)cc2)n1)c1cnn2c(-c3ccccc3)ccnc12. The summed E-state index contributed by atoms with van der Waals surface area (Å²) in [4.78, 5) is 21.4. The topological polar surface area (TPSA) is 78.6 Å². The molecule has 0 atom stereocenters. The van der Waals surface area contributed by atoms with Crippen molar-refractivity contribution in [3.8, 4) is 17.0 Å². The number of thiazole rings is 1. The largest absolute Gasteiger partial charge is 0.486 e. The van der Waals surface area contributed by atoms with Crippen LogP contribution in [-0.2, 0) is 18.0 Å². The van der Waals surface area contributed by atoms with Crippen LogP contribution in [0.15, 0.2) is 78.4 Å². The molecule has 5 rings (SSSR count). The first-order valence-corrected chi connectivity index (χ1v) is 10.9. The van der Waals surface area contributed by atoms with Crippen LogP contribution in [0.5, 0.6) is 5.75 Å². The second-order valence-electron chi connectivity index (χ2n) is 7.04. The molecule has 0 N–H and O–H groups in total. The van der Waals surface area contributed by atoms with E-state index in [1.54, 1.807) is 28.2 Å². The molecule has 3 heterocycles. The Morgan fingerprint density at radius 1 is 1.03 bits per heavy atom. The first-order chi connectivity index (χ1) is 16.2. The summed E-state index contributed by atoms with van der Waals surface area (Å²) >= 11 is 1.39. The summed E-state index contributed by atoms with van der Waals surface area (Å²) < 4.78 is 25.6. The number of halogens is 1. The second-order valence-corrected chi connectivity index (χ2v) is 7.98. The zero-order chi connectivity index (χ0) is 22.6. The number of rotatable bonds is 7. The van der Waals surface area contributed by atoms with Gasteiger partial charge in [-0.3, -0.25) is 0 Å². The van der Waals surface area contributed by atoms with Gasteiger partial charge in [-0.15, -0.1) is 11.3 Å². The fourth-order valence-corrected chi connectivity index (χ4v) is 3.93. The van der Waals surface area contributed by atoms with Crippen molar-refractivity contribution in [2.75, 3.05) is 0 Å². The average molecular weight is 460 g/mol. The molecule has 164 valence electrons. The van der Waals surface area contributed by atoms with E-state index in [-0.39, 0.29) is 24.6 Å². The van der Waals surface area contributed by atoms with Crippen molar-refractivity contribution in [3.05, 3.63) is 101 Å². The average Bonchev–Trinajstić information content (AvgIpc) is 3.50. The van der Waals surface area contributed by atoms with Gasteiger partial charge in [0, 0.05) is 17.1 Å². The molecule has 5 aromatic rings. The number of hydrogen-bond acceptors (Lipinski definition) is 7. The number of esters is 1. The van der Waals surface area contributed by atoms with Crippen LogP contribution in [-0.4, -0.2) is 25.6 Å². The third-order valence-electron chi connectivity index (χ3n) is 4.82. The number of nitrogens with zero attached hydrogens (tertiary/aromatic N) is 4. The molecule has 0 unspecified atom stereocenters. The summed E-state index contributed by atoms with van der Waals surface area (Å²) in [7, 11) is 0. The van der Waals surface area contributed by atoms with E-state index < -0.39 is 5.97 Å². The minimum atomic E-state index is -0.528. The first kappa shape index (κ1) is 20.8. The van der Waals surface area contributed by atoms with E-state index in [1.165, 1.54) is 29.7 Å². The van der Waals surface area contributed by atoms with Crippen LogP contribution in [0, 0.1) is 5.82 Å². The van der Waals surface area contributed by atoms with E-state index in [2.05, 4.69) is 15.1 Å². The number of ether oxygens (including phenoxy) is 2. The Labute approximate surface area is 192 Å². The van der Waals surface area contributed by atoms with Gasteiger partial charge < -0.3 is 9.47 Å². The zero-order valence-electron chi connectivity index (χ0n) is 17.2. The van der Waals surface area contributed by atoms with Crippen LogP contribution in [0.1, 0.15) is 21.1 Å². The van der Waals surface area contributed by atoms with E-state index in [0.29, 0.717) is 17.1 Å². The minimum Gasteiger partial charge on any atom is -0.486 e. The highest BCUT2D eigenvalue weighted by Gasteiger charge is 2.18. The maximum absolute atomic E-state index is 13.0. The quantitative estimate of drug-likeness (QED) is 0.321. The second kappa shape index (κ2) is 9.17. The molecular weight excluding hydrogens is 443 g/mol. The number of benzene rings is 2. The summed E-state index contributed by atoms with van der Waals surface area (Å²) in [5, 5.41) is 6.86.